The number of ether oxygens (including phenoxy) is 2. The molecule has 1 amide bonds. The van der Waals surface area contributed by atoms with Gasteiger partial charge in [0.25, 0.3) is 0 Å². The average Bonchev–Trinajstić information content (AvgIpc) is 2.78. The number of hydrogen-bond acceptors (Lipinski definition) is 3. The van der Waals surface area contributed by atoms with Gasteiger partial charge in [-0.25, -0.2) is 4.79 Å². The van der Waals surface area contributed by atoms with Crippen molar-refractivity contribution in [3.63, 3.8) is 0 Å². The summed E-state index contributed by atoms with van der Waals surface area (Å²) in [4.78, 5) is 12.0. The fourth-order valence-corrected chi connectivity index (χ4v) is 3.52. The number of hydrogen-bond donors (Lipinski definition) is 1. The van der Waals surface area contributed by atoms with Gasteiger partial charge in [-0.2, -0.15) is 0 Å². The Balaban J connectivity index is 1.57. The molecule has 31 heavy (non-hydrogen) atoms. The molecule has 0 bridgehead atoms. The van der Waals surface area contributed by atoms with Crippen LogP contribution in [0.2, 0.25) is 0 Å². The van der Waals surface area contributed by atoms with Crippen molar-refractivity contribution in [1.82, 2.24) is 0 Å². The summed E-state index contributed by atoms with van der Waals surface area (Å²) >= 11 is 0. The Hall–Kier alpha value is -2.33. The monoisotopic (exact) mass is 425 g/mol. The molecule has 0 radical (unpaired) electrons. The van der Waals surface area contributed by atoms with E-state index in [1.54, 1.807) is 7.11 Å². The second kappa shape index (κ2) is 13.2. The van der Waals surface area contributed by atoms with E-state index in [9.17, 15) is 4.79 Å². The molecule has 0 heterocycles. The van der Waals surface area contributed by atoms with Crippen LogP contribution >= 0.6 is 0 Å². The Labute approximate surface area is 188 Å². The second-order valence-electron chi connectivity index (χ2n) is 8.65. The zero-order chi connectivity index (χ0) is 22.5. The van der Waals surface area contributed by atoms with E-state index in [4.69, 9.17) is 9.47 Å². The first-order valence-corrected chi connectivity index (χ1v) is 11.6. The van der Waals surface area contributed by atoms with E-state index < -0.39 is 0 Å². The number of anilines is 1. The van der Waals surface area contributed by atoms with Crippen molar-refractivity contribution < 1.29 is 14.3 Å². The summed E-state index contributed by atoms with van der Waals surface area (Å²) in [5.41, 5.74) is 4.54. The number of nitrogens with one attached hydrogen (secondary N) is 1. The van der Waals surface area contributed by atoms with E-state index in [2.05, 4.69) is 50.4 Å². The van der Waals surface area contributed by atoms with Crippen molar-refractivity contribution in [2.75, 3.05) is 19.0 Å². The number of unbranched alkanes of at least 4 members (excludes halogenated alkanes) is 4. The summed E-state index contributed by atoms with van der Waals surface area (Å²) in [6.45, 7) is 6.90. The molecule has 0 spiro atoms. The van der Waals surface area contributed by atoms with Crippen molar-refractivity contribution >= 4 is 11.8 Å². The summed E-state index contributed by atoms with van der Waals surface area (Å²) in [6, 6.07) is 16.5. The first kappa shape index (κ1) is 24.9. The lowest BCUT2D eigenvalue weighted by Crippen LogP contribution is -2.25. The Morgan fingerprint density at radius 3 is 2.10 bits per heavy atom. The fraction of sp³-hybridized carbons (Fsp3) is 0.519. The number of amides is 1. The lowest BCUT2D eigenvalue weighted by molar-refractivity contribution is -0.00621. The predicted molar refractivity (Wildman–Crippen MR) is 129 cm³/mol. The molecule has 0 aromatic heterocycles. The van der Waals surface area contributed by atoms with Gasteiger partial charge in [-0.05, 0) is 62.8 Å². The van der Waals surface area contributed by atoms with Crippen LogP contribution in [0.3, 0.4) is 0 Å². The summed E-state index contributed by atoms with van der Waals surface area (Å²) in [5, 5.41) is 2.81. The Kier molecular flexibility index (Phi) is 10.6. The Bertz CT molecular complexity index is 764. The molecule has 1 unspecified atom stereocenters. The lowest BCUT2D eigenvalue weighted by atomic mass is 9.95. The first-order valence-electron chi connectivity index (χ1n) is 11.6. The molecular weight excluding hydrogens is 386 g/mol. The van der Waals surface area contributed by atoms with Gasteiger partial charge in [-0.3, -0.25) is 5.32 Å². The normalized spacial score (nSPS) is 12.9. The highest BCUT2D eigenvalue weighted by Crippen LogP contribution is 2.22. The van der Waals surface area contributed by atoms with E-state index >= 15 is 0 Å². The van der Waals surface area contributed by atoms with Gasteiger partial charge in [0.1, 0.15) is 0 Å². The van der Waals surface area contributed by atoms with Crippen molar-refractivity contribution in [3.05, 3.63) is 65.2 Å². The van der Waals surface area contributed by atoms with Gasteiger partial charge < -0.3 is 9.47 Å². The second-order valence-corrected chi connectivity index (χ2v) is 8.65. The molecule has 170 valence electrons. The van der Waals surface area contributed by atoms with Crippen LogP contribution in [0.4, 0.5) is 10.5 Å². The highest BCUT2D eigenvalue weighted by molar-refractivity contribution is 5.84. The maximum atomic E-state index is 12.0. The lowest BCUT2D eigenvalue weighted by Gasteiger charge is -2.26. The van der Waals surface area contributed by atoms with Crippen LogP contribution in [-0.2, 0) is 15.9 Å². The maximum absolute atomic E-state index is 12.0. The van der Waals surface area contributed by atoms with Gasteiger partial charge in [-0.15, -0.1) is 0 Å². The van der Waals surface area contributed by atoms with Gasteiger partial charge in [-0.1, -0.05) is 74.6 Å². The molecule has 2 aromatic rings. The maximum Gasteiger partial charge on any atom is 0.411 e. The number of benzene rings is 2. The quantitative estimate of drug-likeness (QED) is 0.343. The van der Waals surface area contributed by atoms with Crippen LogP contribution < -0.4 is 5.32 Å². The molecule has 2 aromatic carbocycles. The van der Waals surface area contributed by atoms with E-state index in [-0.39, 0.29) is 11.7 Å². The number of carbonyl (C=O) groups excluding carboxylic acids is 1. The zero-order valence-electron chi connectivity index (χ0n) is 19.7. The largest absolute Gasteiger partial charge is 0.449 e. The molecule has 0 aliphatic carbocycles. The molecule has 0 saturated carbocycles. The number of aryl methyl sites for hydroxylation is 1. The van der Waals surface area contributed by atoms with Gasteiger partial charge in [0.15, 0.2) is 0 Å². The van der Waals surface area contributed by atoms with E-state index in [1.165, 1.54) is 29.5 Å². The molecular formula is C27H39NO3. The fourth-order valence-electron chi connectivity index (χ4n) is 3.52. The number of carbonyl (C=O) groups is 1. The molecule has 2 rings (SSSR count). The van der Waals surface area contributed by atoms with Gasteiger partial charge in [0, 0.05) is 12.8 Å². The molecule has 1 atom stereocenters. The number of methoxy groups -OCH3 is 1. The van der Waals surface area contributed by atoms with Crippen LogP contribution in [0.5, 0.6) is 0 Å². The summed E-state index contributed by atoms with van der Waals surface area (Å²) < 4.78 is 10.9. The smallest absolute Gasteiger partial charge is 0.411 e. The van der Waals surface area contributed by atoms with Crippen molar-refractivity contribution in [1.29, 1.82) is 0 Å². The van der Waals surface area contributed by atoms with E-state index in [1.807, 2.05) is 24.3 Å². The van der Waals surface area contributed by atoms with Crippen LogP contribution in [0.25, 0.3) is 0 Å². The number of rotatable bonds is 13. The van der Waals surface area contributed by atoms with Gasteiger partial charge >= 0.3 is 6.09 Å². The highest BCUT2D eigenvalue weighted by Gasteiger charge is 2.19. The average molecular weight is 426 g/mol. The standard InChI is InChI=1S/C27H39NO3/c1-5-27(3,30-4)19-9-7-6-8-10-20-31-26(29)28-25-17-15-24(16-18-25)21-23-13-11-22(2)12-14-23/h11-18H,5-10,19-21H2,1-4H3,(H,28,29). The van der Waals surface area contributed by atoms with Crippen LogP contribution in [0.1, 0.15) is 75.5 Å². The molecule has 0 aliphatic heterocycles. The summed E-state index contributed by atoms with van der Waals surface area (Å²) in [7, 11) is 1.80. The van der Waals surface area contributed by atoms with Crippen molar-refractivity contribution in [3.8, 4) is 0 Å². The third kappa shape index (κ3) is 9.56. The van der Waals surface area contributed by atoms with E-state index in [0.717, 1.165) is 44.2 Å². The zero-order valence-corrected chi connectivity index (χ0v) is 19.7. The van der Waals surface area contributed by atoms with Crippen LogP contribution in [0.15, 0.2) is 48.5 Å². The third-order valence-corrected chi connectivity index (χ3v) is 6.05. The minimum Gasteiger partial charge on any atom is -0.449 e. The minimum absolute atomic E-state index is 0.0140. The van der Waals surface area contributed by atoms with Crippen molar-refractivity contribution in [2.45, 2.75) is 77.7 Å². The van der Waals surface area contributed by atoms with Crippen molar-refractivity contribution in [2.24, 2.45) is 0 Å². The van der Waals surface area contributed by atoms with Crippen LogP contribution in [-0.4, -0.2) is 25.4 Å². The molecule has 0 saturated heterocycles. The first-order chi connectivity index (χ1) is 14.9. The van der Waals surface area contributed by atoms with Gasteiger partial charge in [0.2, 0.25) is 0 Å². The third-order valence-electron chi connectivity index (χ3n) is 6.05. The molecule has 4 heteroatoms. The molecule has 0 fully saturated rings. The molecule has 0 aliphatic rings. The molecule has 1 N–H and O–H groups in total. The van der Waals surface area contributed by atoms with Crippen LogP contribution in [0, 0.1) is 6.92 Å². The summed E-state index contributed by atoms with van der Waals surface area (Å²) in [5.74, 6) is 0. The highest BCUT2D eigenvalue weighted by atomic mass is 16.5. The Morgan fingerprint density at radius 1 is 0.903 bits per heavy atom. The summed E-state index contributed by atoms with van der Waals surface area (Å²) in [6.07, 6.45) is 8.16. The van der Waals surface area contributed by atoms with E-state index in [0.29, 0.717) is 6.61 Å². The minimum atomic E-state index is -0.384. The predicted octanol–water partition coefficient (Wildman–Crippen LogP) is 7.29. The Morgan fingerprint density at radius 2 is 1.48 bits per heavy atom. The van der Waals surface area contributed by atoms with Gasteiger partial charge in [0.05, 0.1) is 12.2 Å². The molecule has 4 nitrogen and oxygen atoms in total. The topological polar surface area (TPSA) is 47.6 Å². The SMILES string of the molecule is CCC(C)(CCCCCCCOC(=O)Nc1ccc(Cc2ccc(C)cc2)cc1)OC.